The maximum Gasteiger partial charge on any atom is 0.229 e. The molecular weight excluding hydrogens is 228 g/mol. The molecule has 92 valence electrons. The second-order valence-electron chi connectivity index (χ2n) is 4.69. The molecule has 1 unspecified atom stereocenters. The fraction of sp³-hybridized carbons (Fsp3) is 0.286. The summed E-state index contributed by atoms with van der Waals surface area (Å²) in [5.74, 6) is -0.0260. The van der Waals surface area contributed by atoms with Crippen molar-refractivity contribution < 1.29 is 9.90 Å². The summed E-state index contributed by atoms with van der Waals surface area (Å²) in [5, 5.41) is 10.5. The van der Waals surface area contributed by atoms with Crippen molar-refractivity contribution >= 4 is 22.5 Å². The molecule has 4 heteroatoms. The molecule has 4 nitrogen and oxygen atoms in total. The van der Waals surface area contributed by atoms with E-state index in [1.165, 1.54) is 0 Å². The molecule has 2 aromatic rings. The molecule has 1 fully saturated rings. The van der Waals surface area contributed by atoms with E-state index in [-0.39, 0.29) is 12.3 Å². The van der Waals surface area contributed by atoms with Gasteiger partial charge in [-0.2, -0.15) is 0 Å². The van der Waals surface area contributed by atoms with E-state index in [0.29, 0.717) is 6.54 Å². The number of aryl methyl sites for hydroxylation is 1. The lowest BCUT2D eigenvalue weighted by Gasteiger charge is -2.16. The number of nitrogens with zero attached hydrogens (tertiary/aromatic N) is 2. The number of fused-ring (bicyclic) bond motifs is 1. The number of benzene rings is 1. The highest BCUT2D eigenvalue weighted by Crippen LogP contribution is 2.25. The number of aromatic nitrogens is 1. The summed E-state index contributed by atoms with van der Waals surface area (Å²) in [7, 11) is 0. The van der Waals surface area contributed by atoms with Gasteiger partial charge in [0.2, 0.25) is 5.91 Å². The zero-order chi connectivity index (χ0) is 12.7. The van der Waals surface area contributed by atoms with Gasteiger partial charge in [-0.3, -0.25) is 9.78 Å². The third-order valence-electron chi connectivity index (χ3n) is 3.23. The number of pyridine rings is 1. The van der Waals surface area contributed by atoms with E-state index in [9.17, 15) is 9.90 Å². The van der Waals surface area contributed by atoms with E-state index in [1.54, 1.807) is 4.90 Å². The van der Waals surface area contributed by atoms with E-state index in [0.717, 1.165) is 22.3 Å². The molecule has 1 aromatic heterocycles. The van der Waals surface area contributed by atoms with Gasteiger partial charge in [0, 0.05) is 16.8 Å². The summed E-state index contributed by atoms with van der Waals surface area (Å²) < 4.78 is 0. The minimum Gasteiger partial charge on any atom is -0.391 e. The first-order valence-electron chi connectivity index (χ1n) is 5.99. The van der Waals surface area contributed by atoms with Crippen LogP contribution in [-0.2, 0) is 4.79 Å². The van der Waals surface area contributed by atoms with Crippen molar-refractivity contribution in [3.8, 4) is 0 Å². The van der Waals surface area contributed by atoms with Gasteiger partial charge in [0.1, 0.15) is 0 Å². The van der Waals surface area contributed by atoms with E-state index in [4.69, 9.17) is 0 Å². The molecule has 0 saturated carbocycles. The average molecular weight is 242 g/mol. The van der Waals surface area contributed by atoms with Gasteiger partial charge in [-0.1, -0.05) is 6.07 Å². The van der Waals surface area contributed by atoms with Gasteiger partial charge >= 0.3 is 0 Å². The van der Waals surface area contributed by atoms with Crippen LogP contribution < -0.4 is 4.90 Å². The SMILES string of the molecule is Cc1ccc2cc(N3CC(O)CC3=O)ccc2n1. The molecule has 3 rings (SSSR count). The Hall–Kier alpha value is -1.94. The Bertz CT molecular complexity index is 624. The predicted molar refractivity (Wildman–Crippen MR) is 69.5 cm³/mol. The zero-order valence-electron chi connectivity index (χ0n) is 10.1. The Balaban J connectivity index is 2.03. The van der Waals surface area contributed by atoms with Crippen LogP contribution in [-0.4, -0.2) is 28.6 Å². The molecule has 0 radical (unpaired) electrons. The van der Waals surface area contributed by atoms with Crippen molar-refractivity contribution in [2.75, 3.05) is 11.4 Å². The first-order valence-corrected chi connectivity index (χ1v) is 5.99. The smallest absolute Gasteiger partial charge is 0.229 e. The monoisotopic (exact) mass is 242 g/mol. The van der Waals surface area contributed by atoms with Crippen LogP contribution in [0.15, 0.2) is 30.3 Å². The molecule has 1 saturated heterocycles. The van der Waals surface area contributed by atoms with Crippen molar-refractivity contribution in [1.29, 1.82) is 0 Å². The number of anilines is 1. The minimum absolute atomic E-state index is 0.0260. The summed E-state index contributed by atoms with van der Waals surface area (Å²) in [6, 6.07) is 9.68. The highest BCUT2D eigenvalue weighted by Gasteiger charge is 2.28. The van der Waals surface area contributed by atoms with E-state index in [2.05, 4.69) is 4.98 Å². The maximum absolute atomic E-state index is 11.7. The summed E-state index contributed by atoms with van der Waals surface area (Å²) in [6.45, 7) is 2.33. The molecule has 18 heavy (non-hydrogen) atoms. The summed E-state index contributed by atoms with van der Waals surface area (Å²) >= 11 is 0. The van der Waals surface area contributed by atoms with Gasteiger partial charge in [0.15, 0.2) is 0 Å². The molecule has 0 bridgehead atoms. The van der Waals surface area contributed by atoms with E-state index in [1.807, 2.05) is 37.3 Å². The standard InChI is InChI=1S/C14H14N2O2/c1-9-2-3-10-6-11(4-5-13(10)15-9)16-8-12(17)7-14(16)18/h2-6,12,17H,7-8H2,1H3. The number of amides is 1. The summed E-state index contributed by atoms with van der Waals surface area (Å²) in [6.07, 6.45) is -0.339. The molecule has 1 atom stereocenters. The Kier molecular flexibility index (Phi) is 2.52. The first-order chi connectivity index (χ1) is 8.63. The van der Waals surface area contributed by atoms with Gasteiger partial charge in [-0.25, -0.2) is 0 Å². The Labute approximate surface area is 105 Å². The van der Waals surface area contributed by atoms with Crippen LogP contribution in [0, 0.1) is 6.92 Å². The molecule has 1 aliphatic rings. The zero-order valence-corrected chi connectivity index (χ0v) is 10.1. The van der Waals surface area contributed by atoms with Gasteiger partial charge in [-0.05, 0) is 31.2 Å². The van der Waals surface area contributed by atoms with Crippen LogP contribution in [0.2, 0.25) is 0 Å². The number of rotatable bonds is 1. The molecule has 0 spiro atoms. The normalized spacial score (nSPS) is 19.8. The molecule has 1 aromatic carbocycles. The van der Waals surface area contributed by atoms with Gasteiger partial charge in [0.25, 0.3) is 0 Å². The lowest BCUT2D eigenvalue weighted by Crippen LogP contribution is -2.25. The fourth-order valence-corrected chi connectivity index (χ4v) is 2.32. The van der Waals surface area contributed by atoms with Crippen LogP contribution in [0.3, 0.4) is 0 Å². The summed E-state index contributed by atoms with van der Waals surface area (Å²) in [5.41, 5.74) is 2.73. The number of aliphatic hydroxyl groups excluding tert-OH is 1. The number of carbonyl (C=O) groups is 1. The second kappa shape index (κ2) is 4.07. The van der Waals surface area contributed by atoms with Crippen molar-refractivity contribution in [3.05, 3.63) is 36.0 Å². The van der Waals surface area contributed by atoms with Crippen molar-refractivity contribution in [2.45, 2.75) is 19.4 Å². The van der Waals surface area contributed by atoms with Crippen molar-refractivity contribution in [3.63, 3.8) is 0 Å². The van der Waals surface area contributed by atoms with E-state index >= 15 is 0 Å². The van der Waals surface area contributed by atoms with Gasteiger partial charge in [0.05, 0.1) is 24.6 Å². The predicted octanol–water partition coefficient (Wildman–Crippen LogP) is 1.64. The van der Waals surface area contributed by atoms with Crippen molar-refractivity contribution in [1.82, 2.24) is 4.98 Å². The van der Waals surface area contributed by atoms with Gasteiger partial charge in [-0.15, -0.1) is 0 Å². The largest absolute Gasteiger partial charge is 0.391 e. The molecule has 0 aliphatic carbocycles. The fourth-order valence-electron chi connectivity index (χ4n) is 2.32. The molecule has 2 heterocycles. The van der Waals surface area contributed by atoms with Gasteiger partial charge < -0.3 is 10.0 Å². The Morgan fingerprint density at radius 2 is 2.17 bits per heavy atom. The maximum atomic E-state index is 11.7. The van der Waals surface area contributed by atoms with Crippen LogP contribution in [0.4, 0.5) is 5.69 Å². The highest BCUT2D eigenvalue weighted by atomic mass is 16.3. The lowest BCUT2D eigenvalue weighted by molar-refractivity contribution is -0.117. The Morgan fingerprint density at radius 1 is 1.33 bits per heavy atom. The number of aliphatic hydroxyl groups is 1. The minimum atomic E-state index is -0.552. The molecular formula is C14H14N2O2. The van der Waals surface area contributed by atoms with Crippen LogP contribution in [0.25, 0.3) is 10.9 Å². The Morgan fingerprint density at radius 3 is 2.89 bits per heavy atom. The number of hydrogen-bond donors (Lipinski definition) is 1. The molecule has 1 N–H and O–H groups in total. The van der Waals surface area contributed by atoms with Crippen molar-refractivity contribution in [2.24, 2.45) is 0 Å². The first kappa shape index (κ1) is 11.2. The molecule has 1 aliphatic heterocycles. The summed E-state index contributed by atoms with van der Waals surface area (Å²) in [4.78, 5) is 17.8. The second-order valence-corrected chi connectivity index (χ2v) is 4.69. The topological polar surface area (TPSA) is 53.4 Å². The third-order valence-corrected chi connectivity index (χ3v) is 3.23. The van der Waals surface area contributed by atoms with Crippen LogP contribution >= 0.6 is 0 Å². The lowest BCUT2D eigenvalue weighted by atomic mass is 10.1. The number of hydrogen-bond acceptors (Lipinski definition) is 3. The highest BCUT2D eigenvalue weighted by molar-refractivity contribution is 5.98. The average Bonchev–Trinajstić information content (AvgIpc) is 2.68. The number of carbonyl (C=O) groups excluding carboxylic acids is 1. The van der Waals surface area contributed by atoms with Crippen LogP contribution in [0.5, 0.6) is 0 Å². The quantitative estimate of drug-likeness (QED) is 0.827. The van der Waals surface area contributed by atoms with Crippen LogP contribution in [0.1, 0.15) is 12.1 Å². The third kappa shape index (κ3) is 1.84. The van der Waals surface area contributed by atoms with E-state index < -0.39 is 6.10 Å². The number of β-amino-alcohol motifs (C(OH)–C–C–N with tert-alkyl or cyclic N) is 1. The molecule has 1 amide bonds.